The van der Waals surface area contributed by atoms with Gasteiger partial charge < -0.3 is 14.6 Å². The van der Waals surface area contributed by atoms with Gasteiger partial charge in [0, 0.05) is 28.8 Å². The molecule has 6 heteroatoms. The lowest BCUT2D eigenvalue weighted by molar-refractivity contribution is -0.110. The van der Waals surface area contributed by atoms with Gasteiger partial charge in [-0.2, -0.15) is 0 Å². The van der Waals surface area contributed by atoms with Gasteiger partial charge in [-0.15, -0.1) is 0 Å². The third-order valence-electron chi connectivity index (χ3n) is 6.49. The molecule has 168 valence electrons. The van der Waals surface area contributed by atoms with Crippen molar-refractivity contribution in [2.45, 2.75) is 19.3 Å². The first-order chi connectivity index (χ1) is 16.0. The molecule has 2 aliphatic rings. The molecule has 5 nitrogen and oxygen atoms in total. The number of ketones is 1. The topological polar surface area (TPSA) is 62.6 Å². The average molecular weight is 461 g/mol. The number of hydrogen-bond donors (Lipinski definition) is 1. The van der Waals surface area contributed by atoms with E-state index in [0.29, 0.717) is 40.0 Å². The number of nitrogens with zero attached hydrogens (tertiary/aromatic N) is 1. The Balaban J connectivity index is 1.37. The largest absolute Gasteiger partial charge is 0.457 e. The third kappa shape index (κ3) is 4.52. The molecule has 0 bridgehead atoms. The van der Waals surface area contributed by atoms with Crippen molar-refractivity contribution in [2.75, 3.05) is 25.5 Å². The molecule has 0 spiro atoms. The molecule has 3 aromatic rings. The Bertz CT molecular complexity index is 1250. The number of anilines is 1. The SMILES string of the molecule is CN1CCC(CC(=O)c2cc(-c3ccc(/C=C4/C(=O)Nc5ccccc54)o3)ccc2Cl)CC1. The van der Waals surface area contributed by atoms with Crippen LogP contribution in [0.2, 0.25) is 5.02 Å². The fourth-order valence-corrected chi connectivity index (χ4v) is 4.76. The number of para-hydroxylation sites is 1. The van der Waals surface area contributed by atoms with Crippen LogP contribution in [0.3, 0.4) is 0 Å². The van der Waals surface area contributed by atoms with Gasteiger partial charge in [0.2, 0.25) is 0 Å². The summed E-state index contributed by atoms with van der Waals surface area (Å²) in [7, 11) is 2.11. The van der Waals surface area contributed by atoms with E-state index in [1.807, 2.05) is 48.5 Å². The van der Waals surface area contributed by atoms with Crippen molar-refractivity contribution in [3.05, 3.63) is 76.5 Å². The number of furan rings is 1. The van der Waals surface area contributed by atoms with Crippen LogP contribution >= 0.6 is 11.6 Å². The van der Waals surface area contributed by atoms with E-state index in [0.717, 1.165) is 42.7 Å². The van der Waals surface area contributed by atoms with Crippen LogP contribution in [-0.2, 0) is 4.79 Å². The number of fused-ring (bicyclic) bond motifs is 1. The van der Waals surface area contributed by atoms with Crippen LogP contribution in [0, 0.1) is 5.92 Å². The second-order valence-corrected chi connectivity index (χ2v) is 9.24. The molecule has 0 atom stereocenters. The molecule has 1 N–H and O–H groups in total. The lowest BCUT2D eigenvalue weighted by atomic mass is 9.89. The van der Waals surface area contributed by atoms with Gasteiger partial charge in [0.1, 0.15) is 11.5 Å². The van der Waals surface area contributed by atoms with Crippen LogP contribution in [0.4, 0.5) is 5.69 Å². The summed E-state index contributed by atoms with van der Waals surface area (Å²) < 4.78 is 6.02. The maximum Gasteiger partial charge on any atom is 0.256 e. The summed E-state index contributed by atoms with van der Waals surface area (Å²) in [5.41, 5.74) is 3.54. The highest BCUT2D eigenvalue weighted by Crippen LogP contribution is 2.34. The number of amides is 1. The summed E-state index contributed by atoms with van der Waals surface area (Å²) in [6.07, 6.45) is 4.33. The van der Waals surface area contributed by atoms with Crippen molar-refractivity contribution >= 4 is 40.6 Å². The average Bonchev–Trinajstić information content (AvgIpc) is 3.40. The van der Waals surface area contributed by atoms with E-state index in [-0.39, 0.29) is 11.7 Å². The molecule has 2 aromatic carbocycles. The molecular weight excluding hydrogens is 436 g/mol. The van der Waals surface area contributed by atoms with Crippen molar-refractivity contribution in [3.8, 4) is 11.3 Å². The highest BCUT2D eigenvalue weighted by atomic mass is 35.5. The maximum absolute atomic E-state index is 13.0. The Morgan fingerprint density at radius 3 is 2.76 bits per heavy atom. The first-order valence-electron chi connectivity index (χ1n) is 11.2. The Hall–Kier alpha value is -3.15. The van der Waals surface area contributed by atoms with Crippen LogP contribution in [0.25, 0.3) is 23.0 Å². The standard InChI is InChI=1S/C27H25ClN2O3/c1-30-12-10-17(11-13-30)14-25(31)22-15-18(6-8-23(22)28)26-9-7-19(33-26)16-21-20-4-2-3-5-24(20)29-27(21)32/h2-9,15-17H,10-14H2,1H3,(H,29,32)/b21-16+. The van der Waals surface area contributed by atoms with Gasteiger partial charge in [-0.1, -0.05) is 29.8 Å². The first kappa shape index (κ1) is 21.7. The van der Waals surface area contributed by atoms with E-state index in [4.69, 9.17) is 16.0 Å². The molecule has 33 heavy (non-hydrogen) atoms. The van der Waals surface area contributed by atoms with E-state index in [9.17, 15) is 9.59 Å². The van der Waals surface area contributed by atoms with Crippen LogP contribution in [-0.4, -0.2) is 36.7 Å². The highest BCUT2D eigenvalue weighted by Gasteiger charge is 2.24. The van der Waals surface area contributed by atoms with Crippen molar-refractivity contribution in [2.24, 2.45) is 5.92 Å². The summed E-state index contributed by atoms with van der Waals surface area (Å²) in [6.45, 7) is 2.05. The maximum atomic E-state index is 13.0. The van der Waals surface area contributed by atoms with E-state index in [1.54, 1.807) is 12.1 Å². The fourth-order valence-electron chi connectivity index (χ4n) is 4.54. The number of carbonyl (C=O) groups excluding carboxylic acids is 2. The monoisotopic (exact) mass is 460 g/mol. The molecule has 3 heterocycles. The molecule has 1 fully saturated rings. The predicted molar refractivity (Wildman–Crippen MR) is 131 cm³/mol. The van der Waals surface area contributed by atoms with E-state index in [2.05, 4.69) is 17.3 Å². The van der Waals surface area contributed by atoms with Crippen LogP contribution < -0.4 is 5.32 Å². The summed E-state index contributed by atoms with van der Waals surface area (Å²) in [6, 6.07) is 16.7. The van der Waals surface area contributed by atoms with E-state index in [1.165, 1.54) is 0 Å². The lowest BCUT2D eigenvalue weighted by Gasteiger charge is -2.28. The number of Topliss-reactive ketones (excluding diaryl/α,β-unsaturated/α-hetero) is 1. The number of carbonyl (C=O) groups is 2. The number of halogens is 1. The second kappa shape index (κ2) is 9.00. The van der Waals surface area contributed by atoms with Crippen LogP contribution in [0.5, 0.6) is 0 Å². The molecule has 0 radical (unpaired) electrons. The summed E-state index contributed by atoms with van der Waals surface area (Å²) in [5, 5.41) is 3.33. The fraction of sp³-hybridized carbons (Fsp3) is 0.259. The zero-order valence-electron chi connectivity index (χ0n) is 18.4. The van der Waals surface area contributed by atoms with Gasteiger partial charge in [0.25, 0.3) is 5.91 Å². The van der Waals surface area contributed by atoms with Crippen molar-refractivity contribution in [1.82, 2.24) is 4.90 Å². The first-order valence-corrected chi connectivity index (χ1v) is 11.6. The van der Waals surface area contributed by atoms with Crippen molar-refractivity contribution < 1.29 is 14.0 Å². The molecule has 0 saturated carbocycles. The minimum atomic E-state index is -0.151. The number of likely N-dealkylation sites (tertiary alicyclic amines) is 1. The predicted octanol–water partition coefficient (Wildman–Crippen LogP) is 6.01. The normalized spacial score (nSPS) is 17.9. The highest BCUT2D eigenvalue weighted by molar-refractivity contribution is 6.35. The molecular formula is C27H25ClN2O3. The Morgan fingerprint density at radius 1 is 1.15 bits per heavy atom. The molecule has 1 amide bonds. The third-order valence-corrected chi connectivity index (χ3v) is 6.82. The zero-order chi connectivity index (χ0) is 22.9. The molecule has 5 rings (SSSR count). The van der Waals surface area contributed by atoms with Gasteiger partial charge in [-0.25, -0.2) is 0 Å². The summed E-state index contributed by atoms with van der Waals surface area (Å²) >= 11 is 6.39. The number of hydrogen-bond acceptors (Lipinski definition) is 4. The molecule has 1 saturated heterocycles. The number of benzene rings is 2. The van der Waals surface area contributed by atoms with Gasteiger partial charge >= 0.3 is 0 Å². The second-order valence-electron chi connectivity index (χ2n) is 8.83. The summed E-state index contributed by atoms with van der Waals surface area (Å²) in [4.78, 5) is 27.7. The van der Waals surface area contributed by atoms with E-state index < -0.39 is 0 Å². The summed E-state index contributed by atoms with van der Waals surface area (Å²) in [5.74, 6) is 1.52. The van der Waals surface area contributed by atoms with Crippen molar-refractivity contribution in [1.29, 1.82) is 0 Å². The number of piperidine rings is 1. The quantitative estimate of drug-likeness (QED) is 0.374. The smallest absolute Gasteiger partial charge is 0.256 e. The van der Waals surface area contributed by atoms with Crippen LogP contribution in [0.15, 0.2) is 59.0 Å². The Labute approximate surface area is 198 Å². The van der Waals surface area contributed by atoms with Crippen LogP contribution in [0.1, 0.15) is 40.9 Å². The minimum absolute atomic E-state index is 0.0736. The van der Waals surface area contributed by atoms with Gasteiger partial charge in [0.15, 0.2) is 5.78 Å². The zero-order valence-corrected chi connectivity index (χ0v) is 19.2. The van der Waals surface area contributed by atoms with Crippen molar-refractivity contribution in [3.63, 3.8) is 0 Å². The van der Waals surface area contributed by atoms with Gasteiger partial charge in [-0.05, 0) is 81.4 Å². The minimum Gasteiger partial charge on any atom is -0.457 e. The molecule has 0 aliphatic carbocycles. The van der Waals surface area contributed by atoms with Gasteiger partial charge in [0.05, 0.1) is 10.6 Å². The Morgan fingerprint density at radius 2 is 1.94 bits per heavy atom. The molecule has 0 unspecified atom stereocenters. The molecule has 1 aromatic heterocycles. The number of nitrogens with one attached hydrogen (secondary N) is 1. The van der Waals surface area contributed by atoms with E-state index >= 15 is 0 Å². The lowest BCUT2D eigenvalue weighted by Crippen LogP contribution is -2.31. The van der Waals surface area contributed by atoms with Gasteiger partial charge in [-0.3, -0.25) is 9.59 Å². The molecule has 2 aliphatic heterocycles. The number of rotatable bonds is 5. The Kier molecular flexibility index (Phi) is 5.92.